The number of methoxy groups -OCH3 is 1. The van der Waals surface area contributed by atoms with Gasteiger partial charge in [0.05, 0.1) is 7.11 Å². The van der Waals surface area contributed by atoms with Crippen molar-refractivity contribution in [3.63, 3.8) is 0 Å². The third-order valence-electron chi connectivity index (χ3n) is 1.52. The second-order valence-electron chi connectivity index (χ2n) is 2.35. The topological polar surface area (TPSA) is 9.23 Å². The zero-order chi connectivity index (χ0) is 9.56. The second-order valence-corrected chi connectivity index (χ2v) is 2.35. The molecular weight excluding hydrogens is 269 g/mol. The van der Waals surface area contributed by atoms with Crippen LogP contribution in [0.3, 0.4) is 0 Å². The number of halogens is 1. The van der Waals surface area contributed by atoms with Crippen LogP contribution in [0.4, 0.5) is 0 Å². The molecule has 0 radical (unpaired) electrons. The summed E-state index contributed by atoms with van der Waals surface area (Å²) in [5, 5.41) is 0. The molecule has 0 amide bonds. The number of aryl methyl sites for hydroxylation is 2. The first-order chi connectivity index (χ1) is 5.75. The molecule has 0 saturated carbocycles. The summed E-state index contributed by atoms with van der Waals surface area (Å²) >= 11 is 4.25. The van der Waals surface area contributed by atoms with Crippen LogP contribution in [-0.4, -0.2) is 7.11 Å². The number of hydrogen-bond acceptors (Lipinski definition) is 1. The number of ether oxygens (including phenoxy) is 1. The molecule has 0 aliphatic carbocycles. The standard InChI is InChI=1S/C9H11O.BrH.Zn/c1-7-5-4-6-8(2)9(7)10-3;;/h5-6H,1-3H3;1H;/q-1;;+2/p-1. The second kappa shape index (κ2) is 6.62. The van der Waals surface area contributed by atoms with Gasteiger partial charge in [0, 0.05) is 5.75 Å². The number of benzene rings is 1. The Labute approximate surface area is 90.5 Å². The molecule has 0 spiro atoms. The van der Waals surface area contributed by atoms with Gasteiger partial charge in [-0.15, -0.1) is 11.1 Å². The molecule has 3 heteroatoms. The Kier molecular flexibility index (Phi) is 6.69. The predicted octanol–water partition coefficient (Wildman–Crippen LogP) is 2.96. The molecule has 1 aromatic rings. The van der Waals surface area contributed by atoms with E-state index in [1.807, 2.05) is 26.0 Å². The van der Waals surface area contributed by atoms with E-state index < -0.39 is 0 Å². The Morgan fingerprint density at radius 1 is 1.25 bits per heavy atom. The normalized spacial score (nSPS) is 8.50. The maximum absolute atomic E-state index is 5.16. The molecule has 1 rings (SSSR count). The van der Waals surface area contributed by atoms with E-state index in [0.717, 1.165) is 16.9 Å². The van der Waals surface area contributed by atoms with E-state index in [1.54, 1.807) is 7.11 Å². The van der Waals surface area contributed by atoms with Crippen molar-refractivity contribution in [3.05, 3.63) is 29.3 Å². The van der Waals surface area contributed by atoms with Crippen LogP contribution in [0, 0.1) is 19.9 Å². The molecule has 0 bridgehead atoms. The van der Waals surface area contributed by atoms with E-state index in [2.05, 4.69) is 19.7 Å². The number of rotatable bonds is 1. The van der Waals surface area contributed by atoms with Crippen LogP contribution < -0.4 is 4.74 Å². The SMILES string of the molecule is COc1c(C)c[c-]cc1C.[Zn+][Br]. The molecule has 1 aromatic carbocycles. The van der Waals surface area contributed by atoms with Crippen molar-refractivity contribution in [3.8, 4) is 5.75 Å². The van der Waals surface area contributed by atoms with Crippen molar-refractivity contribution in [1.82, 2.24) is 0 Å². The van der Waals surface area contributed by atoms with Gasteiger partial charge in [0.1, 0.15) is 0 Å². The molecule has 0 aromatic heterocycles. The van der Waals surface area contributed by atoms with Gasteiger partial charge in [-0.05, 0) is 0 Å². The summed E-state index contributed by atoms with van der Waals surface area (Å²) in [7, 11) is 1.69. The van der Waals surface area contributed by atoms with Gasteiger partial charge in [0.2, 0.25) is 0 Å². The van der Waals surface area contributed by atoms with Crippen molar-refractivity contribution in [2.45, 2.75) is 13.8 Å². The summed E-state index contributed by atoms with van der Waals surface area (Å²) in [5.41, 5.74) is 2.28. The van der Waals surface area contributed by atoms with Crippen LogP contribution >= 0.6 is 13.6 Å². The Hall–Kier alpha value is 0.123. The van der Waals surface area contributed by atoms with Crippen molar-refractivity contribution < 1.29 is 21.1 Å². The van der Waals surface area contributed by atoms with Gasteiger partial charge >= 0.3 is 30.0 Å². The van der Waals surface area contributed by atoms with Gasteiger partial charge in [-0.3, -0.25) is 0 Å². The fourth-order valence-corrected chi connectivity index (χ4v) is 1.06. The molecule has 0 aliphatic heterocycles. The van der Waals surface area contributed by atoms with E-state index in [0.29, 0.717) is 0 Å². The van der Waals surface area contributed by atoms with Crippen LogP contribution in [-0.2, 0) is 16.3 Å². The predicted molar refractivity (Wildman–Crippen MR) is 50.2 cm³/mol. The Bertz CT molecular complexity index is 218. The van der Waals surface area contributed by atoms with Crippen molar-refractivity contribution in [1.29, 1.82) is 0 Å². The first-order valence-corrected chi connectivity index (χ1v) is 10.5. The quantitative estimate of drug-likeness (QED) is 0.568. The maximum atomic E-state index is 5.16. The summed E-state index contributed by atoms with van der Waals surface area (Å²) in [6.45, 7) is 4.03. The average molecular weight is 280 g/mol. The molecule has 12 heavy (non-hydrogen) atoms. The minimum atomic E-state index is 0.971. The van der Waals surface area contributed by atoms with Gasteiger partial charge < -0.3 is 4.74 Å². The first kappa shape index (κ1) is 12.1. The van der Waals surface area contributed by atoms with E-state index in [9.17, 15) is 0 Å². The molecule has 0 heterocycles. The van der Waals surface area contributed by atoms with E-state index in [-0.39, 0.29) is 0 Å². The van der Waals surface area contributed by atoms with Crippen molar-refractivity contribution in [2.24, 2.45) is 0 Å². The van der Waals surface area contributed by atoms with Gasteiger partial charge in [0.25, 0.3) is 0 Å². The summed E-state index contributed by atoms with van der Waals surface area (Å²) in [4.78, 5) is 0. The summed E-state index contributed by atoms with van der Waals surface area (Å²) in [6, 6.07) is 6.87. The number of hydrogen-bond donors (Lipinski definition) is 0. The molecule has 62 valence electrons. The fourth-order valence-electron chi connectivity index (χ4n) is 1.06. The summed E-state index contributed by atoms with van der Waals surface area (Å²) < 4.78 is 5.16. The zero-order valence-electron chi connectivity index (χ0n) is 7.65. The molecule has 0 aliphatic rings. The molecule has 0 saturated heterocycles. The van der Waals surface area contributed by atoms with Gasteiger partial charge in [-0.2, -0.15) is 18.2 Å². The third-order valence-corrected chi connectivity index (χ3v) is 1.52. The molecule has 0 atom stereocenters. The molecular formula is C9H11BrOZn. The first-order valence-electron chi connectivity index (χ1n) is 3.53. The third kappa shape index (κ3) is 3.24. The minimum absolute atomic E-state index is 0.971. The average Bonchev–Trinajstić information content (AvgIpc) is 2.08. The van der Waals surface area contributed by atoms with E-state index >= 15 is 0 Å². The molecule has 1 nitrogen and oxygen atoms in total. The molecule has 0 N–H and O–H groups in total. The van der Waals surface area contributed by atoms with E-state index in [1.165, 1.54) is 16.3 Å². The van der Waals surface area contributed by atoms with Crippen LogP contribution in [0.2, 0.25) is 0 Å². The Balaban J connectivity index is 0.000000561. The van der Waals surface area contributed by atoms with Crippen molar-refractivity contribution >= 4 is 13.6 Å². The summed E-state index contributed by atoms with van der Waals surface area (Å²) in [6.07, 6.45) is 0. The van der Waals surface area contributed by atoms with Crippen LogP contribution in [0.25, 0.3) is 0 Å². The van der Waals surface area contributed by atoms with Crippen LogP contribution in [0.15, 0.2) is 12.1 Å². The Morgan fingerprint density at radius 3 is 1.92 bits per heavy atom. The molecule has 0 unspecified atom stereocenters. The molecule has 0 fully saturated rings. The summed E-state index contributed by atoms with van der Waals surface area (Å²) in [5.74, 6) is 0.971. The van der Waals surface area contributed by atoms with Gasteiger partial charge in [-0.1, -0.05) is 13.8 Å². The zero-order valence-corrected chi connectivity index (χ0v) is 12.2. The van der Waals surface area contributed by atoms with Crippen molar-refractivity contribution in [2.75, 3.05) is 7.11 Å². The van der Waals surface area contributed by atoms with Crippen LogP contribution in [0.1, 0.15) is 11.1 Å². The van der Waals surface area contributed by atoms with Gasteiger partial charge in [-0.25, -0.2) is 0 Å². The monoisotopic (exact) mass is 278 g/mol. The van der Waals surface area contributed by atoms with Crippen LogP contribution in [0.5, 0.6) is 5.75 Å². The Morgan fingerprint density at radius 2 is 1.67 bits per heavy atom. The van der Waals surface area contributed by atoms with Gasteiger partial charge in [0.15, 0.2) is 0 Å². The van der Waals surface area contributed by atoms with E-state index in [4.69, 9.17) is 4.74 Å². The fraction of sp³-hybridized carbons (Fsp3) is 0.333.